The Hall–Kier alpha value is -5.16. The molecule has 3 heterocycles. The van der Waals surface area contributed by atoms with Crippen LogP contribution < -0.4 is 0 Å². The van der Waals surface area contributed by atoms with Gasteiger partial charge in [-0.3, -0.25) is 4.79 Å². The molecule has 0 fully saturated rings. The van der Waals surface area contributed by atoms with Crippen molar-refractivity contribution >= 4 is 49.3 Å². The summed E-state index contributed by atoms with van der Waals surface area (Å²) in [5.41, 5.74) is 5.89. The van der Waals surface area contributed by atoms with E-state index >= 15 is 0 Å². The molecule has 51 heavy (non-hydrogen) atoms. The monoisotopic (exact) mass is 848 g/mol. The number of benzene rings is 5. The number of carbonyl (C=O) groups is 1. The van der Waals surface area contributed by atoms with Crippen LogP contribution in [0.25, 0.3) is 60.4 Å². The van der Waals surface area contributed by atoms with Gasteiger partial charge in [-0.15, -0.1) is 59.5 Å². The van der Waals surface area contributed by atoms with E-state index in [9.17, 15) is 9.90 Å². The number of rotatable bonds is 3. The Balaban J connectivity index is 0.000000165. The van der Waals surface area contributed by atoms with Crippen molar-refractivity contribution in [2.45, 2.75) is 41.5 Å². The number of nitrogens with zero attached hydrogens (tertiary/aromatic N) is 3. The predicted octanol–water partition coefficient (Wildman–Crippen LogP) is 11.4. The maximum atomic E-state index is 11.5. The molecule has 5 aromatic carbocycles. The Kier molecular flexibility index (Phi) is 11.2. The van der Waals surface area contributed by atoms with Crippen molar-refractivity contribution in [1.82, 2.24) is 14.5 Å². The van der Waals surface area contributed by atoms with E-state index in [1.54, 1.807) is 6.20 Å². The zero-order chi connectivity index (χ0) is 35.5. The normalized spacial score (nSPS) is 11.8. The van der Waals surface area contributed by atoms with Crippen LogP contribution in [0.2, 0.25) is 0 Å². The molecule has 0 bridgehead atoms. The quantitative estimate of drug-likeness (QED) is 0.0832. The van der Waals surface area contributed by atoms with Crippen LogP contribution in [0.1, 0.15) is 41.5 Å². The molecule has 0 aliphatic heterocycles. The first kappa shape index (κ1) is 37.1. The van der Waals surface area contributed by atoms with Crippen LogP contribution in [0.15, 0.2) is 139 Å². The minimum absolute atomic E-state index is 0. The largest absolute Gasteiger partial charge is 0.512 e. The molecule has 0 aliphatic rings. The van der Waals surface area contributed by atoms with Crippen LogP contribution in [-0.2, 0) is 24.9 Å². The van der Waals surface area contributed by atoms with Crippen LogP contribution in [0, 0.1) is 23.0 Å². The Morgan fingerprint density at radius 1 is 0.667 bits per heavy atom. The second-order valence-electron chi connectivity index (χ2n) is 14.3. The number of para-hydroxylation sites is 1. The molecule has 5 nitrogen and oxygen atoms in total. The summed E-state index contributed by atoms with van der Waals surface area (Å²) >= 11 is 0. The minimum Gasteiger partial charge on any atom is -0.512 e. The van der Waals surface area contributed by atoms with Crippen molar-refractivity contribution in [3.05, 3.63) is 152 Å². The summed E-state index contributed by atoms with van der Waals surface area (Å²) in [5, 5.41) is 15.7. The Morgan fingerprint density at radius 3 is 2.02 bits per heavy atom. The molecule has 0 unspecified atom stereocenters. The molecule has 0 saturated carbocycles. The van der Waals surface area contributed by atoms with Crippen molar-refractivity contribution in [2.75, 3.05) is 0 Å². The van der Waals surface area contributed by atoms with Crippen molar-refractivity contribution in [2.24, 2.45) is 10.8 Å². The molecule has 0 aliphatic carbocycles. The van der Waals surface area contributed by atoms with Gasteiger partial charge < -0.3 is 19.6 Å². The average Bonchev–Trinajstić information content (AvgIpc) is 3.47. The fourth-order valence-electron chi connectivity index (χ4n) is 5.77. The summed E-state index contributed by atoms with van der Waals surface area (Å²) in [6, 6.07) is 45.7. The smallest absolute Gasteiger partial charge is 0.164 e. The van der Waals surface area contributed by atoms with Gasteiger partial charge in [-0.25, -0.2) is 0 Å². The minimum atomic E-state index is -0.417. The number of hydrogen-bond donors (Lipinski definition) is 1. The van der Waals surface area contributed by atoms with E-state index in [1.165, 1.54) is 44.3 Å². The number of allylic oxidation sites excluding steroid dienone is 2. The van der Waals surface area contributed by atoms with Crippen LogP contribution in [0.3, 0.4) is 0 Å². The van der Waals surface area contributed by atoms with Gasteiger partial charge in [0.1, 0.15) is 5.76 Å². The number of hydrogen-bond acceptors (Lipinski definition) is 4. The number of carbonyl (C=O) groups excluding carboxylic acids is 1. The number of aliphatic hydroxyl groups excluding tert-OH is 1. The summed E-state index contributed by atoms with van der Waals surface area (Å²) in [6.45, 7) is 11.1. The standard InChI is InChI=1S/C23H13N2.C11H8N.C11H20O2.Ir/c1-2-7-15(8-3-1)25-19-12-4-9-16-17-11-6-14-24-23(17)18-10-5-13-20(25)22(18)21(16)19;1-2-6-10(7-3-1)11-8-4-5-9-12-11;1-10(2,3)8(12)7-9(13)11(4,5)6;/h1-9,11-14H;1-6,8-9H;7,12H,1-6H3;/q2*-1;;/b;;8-7-;. The van der Waals surface area contributed by atoms with E-state index in [0.717, 1.165) is 22.2 Å². The van der Waals surface area contributed by atoms with Gasteiger partial charge in [0.25, 0.3) is 0 Å². The first-order valence-electron chi connectivity index (χ1n) is 16.8. The number of ketones is 1. The molecule has 6 heteroatoms. The summed E-state index contributed by atoms with van der Waals surface area (Å²) in [5.74, 6) is 0.104. The third-order valence-corrected chi connectivity index (χ3v) is 8.52. The van der Waals surface area contributed by atoms with Gasteiger partial charge in [-0.2, -0.15) is 0 Å². The SMILES string of the molecule is CC(C)(C)C(=O)/C=C(\O)C(C)(C)C.[Ir].[c-]1ccc2c3c1c1ncccc1c1cccc(c13)n2-c1ccccc1.[c-]1ccccc1-c1ccccn1. The molecule has 259 valence electrons. The van der Waals surface area contributed by atoms with Gasteiger partial charge in [0.05, 0.1) is 0 Å². The Labute approximate surface area is 313 Å². The van der Waals surface area contributed by atoms with E-state index in [-0.39, 0.29) is 37.1 Å². The topological polar surface area (TPSA) is 68.0 Å². The molecule has 0 amide bonds. The van der Waals surface area contributed by atoms with Crippen molar-refractivity contribution in [3.63, 3.8) is 0 Å². The first-order chi connectivity index (χ1) is 23.9. The molecule has 0 spiro atoms. The number of aromatic nitrogens is 3. The van der Waals surface area contributed by atoms with Gasteiger partial charge in [0.15, 0.2) is 5.78 Å². The average molecular weight is 848 g/mol. The van der Waals surface area contributed by atoms with Crippen LogP contribution in [-0.4, -0.2) is 25.4 Å². The molecule has 1 N–H and O–H groups in total. The van der Waals surface area contributed by atoms with Crippen molar-refractivity contribution in [1.29, 1.82) is 0 Å². The second-order valence-corrected chi connectivity index (χ2v) is 14.3. The molecule has 1 radical (unpaired) electrons. The third kappa shape index (κ3) is 7.93. The molecule has 8 rings (SSSR count). The van der Waals surface area contributed by atoms with E-state index in [1.807, 2.05) is 102 Å². The number of fused-ring (bicyclic) bond motifs is 3. The first-order valence-corrected chi connectivity index (χ1v) is 16.8. The Bertz CT molecular complexity index is 2280. The fourth-order valence-corrected chi connectivity index (χ4v) is 5.77. The maximum Gasteiger partial charge on any atom is 0.164 e. The van der Waals surface area contributed by atoms with Gasteiger partial charge >= 0.3 is 0 Å². The van der Waals surface area contributed by atoms with Crippen molar-refractivity contribution < 1.29 is 30.0 Å². The molecular weight excluding hydrogens is 807 g/mol. The molecule has 3 aromatic heterocycles. The summed E-state index contributed by atoms with van der Waals surface area (Å²) in [4.78, 5) is 20.4. The van der Waals surface area contributed by atoms with Gasteiger partial charge in [0.2, 0.25) is 0 Å². The summed E-state index contributed by atoms with van der Waals surface area (Å²) < 4.78 is 2.34. The number of pyridine rings is 2. The van der Waals surface area contributed by atoms with Crippen LogP contribution in [0.5, 0.6) is 0 Å². The van der Waals surface area contributed by atoms with E-state index < -0.39 is 5.41 Å². The summed E-state index contributed by atoms with van der Waals surface area (Å²) in [6.07, 6.45) is 4.99. The predicted molar refractivity (Wildman–Crippen MR) is 207 cm³/mol. The zero-order valence-corrected chi connectivity index (χ0v) is 32.1. The van der Waals surface area contributed by atoms with E-state index in [0.29, 0.717) is 0 Å². The zero-order valence-electron chi connectivity index (χ0n) is 29.7. The molecule has 8 aromatic rings. The maximum absolute atomic E-state index is 11.5. The van der Waals surface area contributed by atoms with E-state index in [2.05, 4.69) is 87.3 Å². The van der Waals surface area contributed by atoms with Crippen molar-refractivity contribution in [3.8, 4) is 16.9 Å². The van der Waals surface area contributed by atoms with Gasteiger partial charge in [-0.05, 0) is 63.2 Å². The molecular formula is C45H41IrN3O2-2. The Morgan fingerprint density at radius 2 is 1.35 bits per heavy atom. The van der Waals surface area contributed by atoms with E-state index in [4.69, 9.17) is 0 Å². The van der Waals surface area contributed by atoms with Crippen LogP contribution in [0.4, 0.5) is 0 Å². The van der Waals surface area contributed by atoms with Gasteiger partial charge in [-0.1, -0.05) is 95.5 Å². The molecule has 0 saturated heterocycles. The van der Waals surface area contributed by atoms with Gasteiger partial charge in [0, 0.05) is 60.6 Å². The fraction of sp³-hybridized carbons (Fsp3) is 0.178. The second kappa shape index (κ2) is 15.4. The summed E-state index contributed by atoms with van der Waals surface area (Å²) in [7, 11) is 0. The molecule has 0 atom stereocenters. The third-order valence-electron chi connectivity index (χ3n) is 8.52. The number of aliphatic hydroxyl groups is 1. The van der Waals surface area contributed by atoms with Crippen LogP contribution >= 0.6 is 0 Å².